The predicted octanol–water partition coefficient (Wildman–Crippen LogP) is 5.61. The number of rotatable bonds is 9. The molecule has 2 heterocycles. The van der Waals surface area contributed by atoms with Crippen molar-refractivity contribution in [1.82, 2.24) is 0 Å². The Morgan fingerprint density at radius 3 is 2.94 bits per heavy atom. The molecular formula is C28H40O5. The van der Waals surface area contributed by atoms with Gasteiger partial charge in [-0.15, -0.1) is 0 Å². The van der Waals surface area contributed by atoms with E-state index in [0.717, 1.165) is 63.7 Å². The summed E-state index contributed by atoms with van der Waals surface area (Å²) in [6, 6.07) is 6.32. The number of unbranched alkanes of at least 4 members (excludes halogenated alkanes) is 2. The van der Waals surface area contributed by atoms with Gasteiger partial charge in [0.2, 0.25) is 0 Å². The zero-order valence-electron chi connectivity index (χ0n) is 20.1. The lowest BCUT2D eigenvalue weighted by molar-refractivity contribution is -0.191. The summed E-state index contributed by atoms with van der Waals surface area (Å²) in [4.78, 5) is 12.6. The number of hydrogen-bond donors (Lipinski definition) is 0. The first-order valence-electron chi connectivity index (χ1n) is 13.4. The van der Waals surface area contributed by atoms with Crippen LogP contribution in [0.4, 0.5) is 0 Å². The number of benzene rings is 1. The summed E-state index contributed by atoms with van der Waals surface area (Å²) in [5.74, 6) is 2.20. The maximum Gasteiger partial charge on any atom is 0.344 e. The van der Waals surface area contributed by atoms with Crippen LogP contribution in [0, 0.1) is 17.8 Å². The molecule has 0 aromatic heterocycles. The summed E-state index contributed by atoms with van der Waals surface area (Å²) in [6.07, 6.45) is 13.5. The molecule has 3 bridgehead atoms. The molecule has 0 radical (unpaired) electrons. The third-order valence-electron chi connectivity index (χ3n) is 8.38. The van der Waals surface area contributed by atoms with Gasteiger partial charge in [0.25, 0.3) is 0 Å². The molecule has 6 atom stereocenters. The first-order valence-corrected chi connectivity index (χ1v) is 13.4. The van der Waals surface area contributed by atoms with Crippen LogP contribution in [0.1, 0.15) is 82.3 Å². The smallest absolute Gasteiger partial charge is 0.344 e. The Hall–Kier alpha value is -1.59. The van der Waals surface area contributed by atoms with E-state index in [1.165, 1.54) is 36.8 Å². The maximum atomic E-state index is 12.6. The number of carbonyl (C=O) groups is 1. The number of fused-ring (bicyclic) bond motifs is 1. The molecule has 5 rings (SSSR count). The van der Waals surface area contributed by atoms with Crippen molar-refractivity contribution in [2.75, 3.05) is 13.2 Å². The highest BCUT2D eigenvalue weighted by Crippen LogP contribution is 2.50. The van der Waals surface area contributed by atoms with Crippen LogP contribution in [-0.4, -0.2) is 37.7 Å². The van der Waals surface area contributed by atoms with E-state index in [0.29, 0.717) is 17.8 Å². The standard InChI is InChI=1S/C28H40O5/c1-2-3-4-9-21(32-28-11-5-6-14-30-28)12-13-22-23-15-19-8-7-10-25-24(19)16-20(23)17-26(22)33-27(29)18-31-25/h7-8,10,20-23,26,28H,2-6,9,11-18H2,1H3/t20-,21+,22?,23-,26+,28?/m0/s1. The second kappa shape index (κ2) is 10.8. The maximum absolute atomic E-state index is 12.6. The number of carbonyl (C=O) groups excluding carboxylic acids is 1. The third-order valence-corrected chi connectivity index (χ3v) is 8.38. The molecule has 2 unspecified atom stereocenters. The first-order chi connectivity index (χ1) is 16.2. The van der Waals surface area contributed by atoms with Gasteiger partial charge in [0.05, 0.1) is 6.10 Å². The zero-order chi connectivity index (χ0) is 22.6. The van der Waals surface area contributed by atoms with Gasteiger partial charge in [-0.05, 0) is 92.7 Å². The van der Waals surface area contributed by atoms with Gasteiger partial charge >= 0.3 is 5.97 Å². The summed E-state index contributed by atoms with van der Waals surface area (Å²) in [7, 11) is 0. The van der Waals surface area contributed by atoms with Crippen LogP contribution >= 0.6 is 0 Å². The minimum atomic E-state index is -0.226. The van der Waals surface area contributed by atoms with Gasteiger partial charge in [-0.1, -0.05) is 38.3 Å². The fourth-order valence-electron chi connectivity index (χ4n) is 6.70. The number of ether oxygens (including phenoxy) is 4. The number of hydrogen-bond acceptors (Lipinski definition) is 5. The summed E-state index contributed by atoms with van der Waals surface area (Å²) in [6.45, 7) is 3.08. The molecule has 0 spiro atoms. The third kappa shape index (κ3) is 5.40. The quantitative estimate of drug-likeness (QED) is 0.357. The highest BCUT2D eigenvalue weighted by Gasteiger charge is 2.47. The molecule has 1 aromatic rings. The molecule has 4 aliphatic rings. The molecule has 33 heavy (non-hydrogen) atoms. The normalized spacial score (nSPS) is 31.7. The average Bonchev–Trinajstić information content (AvgIpc) is 3.15. The van der Waals surface area contributed by atoms with Crippen molar-refractivity contribution in [2.24, 2.45) is 17.8 Å². The second-order valence-corrected chi connectivity index (χ2v) is 10.6. The van der Waals surface area contributed by atoms with Crippen LogP contribution in [0.2, 0.25) is 0 Å². The van der Waals surface area contributed by atoms with Gasteiger partial charge in [0, 0.05) is 6.61 Å². The number of esters is 1. The van der Waals surface area contributed by atoms with Crippen molar-refractivity contribution in [3.63, 3.8) is 0 Å². The van der Waals surface area contributed by atoms with Gasteiger partial charge < -0.3 is 18.9 Å². The van der Waals surface area contributed by atoms with Gasteiger partial charge in [0.1, 0.15) is 11.9 Å². The minimum Gasteiger partial charge on any atom is -0.482 e. The molecule has 2 aliphatic heterocycles. The van der Waals surface area contributed by atoms with Crippen LogP contribution in [-0.2, 0) is 31.8 Å². The lowest BCUT2D eigenvalue weighted by Gasteiger charge is -2.33. The Balaban J connectivity index is 1.29. The molecule has 1 aromatic carbocycles. The van der Waals surface area contributed by atoms with E-state index in [1.54, 1.807) is 0 Å². The summed E-state index contributed by atoms with van der Waals surface area (Å²) >= 11 is 0. The van der Waals surface area contributed by atoms with Crippen molar-refractivity contribution in [3.05, 3.63) is 29.3 Å². The topological polar surface area (TPSA) is 54.0 Å². The van der Waals surface area contributed by atoms with Gasteiger partial charge in [-0.3, -0.25) is 0 Å². The Labute approximate surface area is 198 Å². The van der Waals surface area contributed by atoms with Crippen LogP contribution in [0.15, 0.2) is 18.2 Å². The van der Waals surface area contributed by atoms with Gasteiger partial charge in [-0.2, -0.15) is 0 Å². The van der Waals surface area contributed by atoms with E-state index in [2.05, 4.69) is 19.1 Å². The van der Waals surface area contributed by atoms with Crippen LogP contribution in [0.5, 0.6) is 5.75 Å². The fourth-order valence-corrected chi connectivity index (χ4v) is 6.70. The van der Waals surface area contributed by atoms with Crippen LogP contribution < -0.4 is 4.74 Å². The zero-order valence-corrected chi connectivity index (χ0v) is 20.1. The van der Waals surface area contributed by atoms with Crippen molar-refractivity contribution in [1.29, 1.82) is 0 Å². The van der Waals surface area contributed by atoms with E-state index in [4.69, 9.17) is 18.9 Å². The molecule has 1 saturated heterocycles. The van der Waals surface area contributed by atoms with E-state index >= 15 is 0 Å². The first kappa shape index (κ1) is 23.2. The van der Waals surface area contributed by atoms with E-state index < -0.39 is 0 Å². The molecule has 2 aliphatic carbocycles. The second-order valence-electron chi connectivity index (χ2n) is 10.6. The van der Waals surface area contributed by atoms with Crippen LogP contribution in [0.3, 0.4) is 0 Å². The Kier molecular flexibility index (Phi) is 7.56. The highest BCUT2D eigenvalue weighted by atomic mass is 16.7. The van der Waals surface area contributed by atoms with E-state index in [1.807, 2.05) is 6.07 Å². The summed E-state index contributed by atoms with van der Waals surface area (Å²) in [5.41, 5.74) is 2.73. The molecular weight excluding hydrogens is 416 g/mol. The Morgan fingerprint density at radius 1 is 1.15 bits per heavy atom. The van der Waals surface area contributed by atoms with Crippen molar-refractivity contribution in [2.45, 2.75) is 102 Å². The van der Waals surface area contributed by atoms with Gasteiger partial charge in [0.15, 0.2) is 12.9 Å². The van der Waals surface area contributed by atoms with Crippen molar-refractivity contribution < 1.29 is 23.7 Å². The molecule has 0 N–H and O–H groups in total. The SMILES string of the molecule is CCCCC[C@H](CCC1[C@H]2Cc3cccc4c3C[C@H]2C[C@H]1OC(=O)CO4)OC1CCCCO1. The fraction of sp³-hybridized carbons (Fsp3) is 0.750. The van der Waals surface area contributed by atoms with Crippen molar-refractivity contribution in [3.8, 4) is 5.75 Å². The lowest BCUT2D eigenvalue weighted by atomic mass is 9.73. The summed E-state index contributed by atoms with van der Waals surface area (Å²) in [5, 5.41) is 0. The minimum absolute atomic E-state index is 0.00850. The van der Waals surface area contributed by atoms with Gasteiger partial charge in [-0.25, -0.2) is 4.79 Å². The average molecular weight is 457 g/mol. The highest BCUT2D eigenvalue weighted by molar-refractivity contribution is 5.71. The molecule has 2 fully saturated rings. The predicted molar refractivity (Wildman–Crippen MR) is 126 cm³/mol. The Morgan fingerprint density at radius 2 is 2.09 bits per heavy atom. The molecule has 5 heteroatoms. The molecule has 5 nitrogen and oxygen atoms in total. The van der Waals surface area contributed by atoms with E-state index in [9.17, 15) is 4.79 Å². The van der Waals surface area contributed by atoms with Crippen LogP contribution in [0.25, 0.3) is 0 Å². The van der Waals surface area contributed by atoms with Crippen molar-refractivity contribution >= 4 is 5.97 Å². The molecule has 0 amide bonds. The molecule has 182 valence electrons. The Bertz CT molecular complexity index is 801. The lowest BCUT2D eigenvalue weighted by Crippen LogP contribution is -2.31. The summed E-state index contributed by atoms with van der Waals surface area (Å²) < 4.78 is 24.3. The largest absolute Gasteiger partial charge is 0.482 e. The molecule has 1 saturated carbocycles. The van der Waals surface area contributed by atoms with E-state index in [-0.39, 0.29) is 31.1 Å². The monoisotopic (exact) mass is 456 g/mol.